The largest absolute Gasteiger partial charge is 0.384 e. The molecular weight excluding hydrogens is 260 g/mol. The molecule has 1 heterocycles. The molecule has 0 saturated carbocycles. The molecule has 5 N–H and O–H groups in total. The van der Waals surface area contributed by atoms with Crippen molar-refractivity contribution in [3.05, 3.63) is 18.3 Å². The van der Waals surface area contributed by atoms with Crippen LogP contribution in [0.5, 0.6) is 0 Å². The van der Waals surface area contributed by atoms with Gasteiger partial charge in [0, 0.05) is 12.7 Å². The van der Waals surface area contributed by atoms with Crippen molar-refractivity contribution in [1.29, 1.82) is 0 Å². The molecule has 0 aromatic carbocycles. The van der Waals surface area contributed by atoms with Gasteiger partial charge in [-0.25, -0.2) is 18.1 Å². The van der Waals surface area contributed by atoms with Crippen LogP contribution in [0.25, 0.3) is 0 Å². The Hall–Kier alpha value is -1.71. The fourth-order valence-corrected chi connectivity index (χ4v) is 2.01. The summed E-state index contributed by atoms with van der Waals surface area (Å²) in [6.45, 7) is -0.171. The summed E-state index contributed by atoms with van der Waals surface area (Å²) in [6, 6.07) is 2.73. The Morgan fingerprint density at radius 3 is 2.72 bits per heavy atom. The molecule has 0 saturated heterocycles. The smallest absolute Gasteiger partial charge is 0.243 e. The summed E-state index contributed by atoms with van der Waals surface area (Å²) in [7, 11) is -3.64. The lowest BCUT2D eigenvalue weighted by atomic mass is 10.5. The minimum absolute atomic E-state index is 0.00611. The van der Waals surface area contributed by atoms with Gasteiger partial charge in [-0.2, -0.15) is 0 Å². The van der Waals surface area contributed by atoms with Gasteiger partial charge in [0.1, 0.15) is 17.3 Å². The lowest BCUT2D eigenvalue weighted by Gasteiger charge is -2.06. The predicted molar refractivity (Wildman–Crippen MR) is 63.9 cm³/mol. The molecule has 0 fully saturated rings. The topological polar surface area (TPSA) is 137 Å². The molecule has 0 atom stereocenters. The quantitative estimate of drug-likeness (QED) is 0.514. The van der Waals surface area contributed by atoms with Crippen LogP contribution in [0.1, 0.15) is 0 Å². The maximum absolute atomic E-state index is 11.7. The van der Waals surface area contributed by atoms with Crippen LogP contribution in [0.15, 0.2) is 23.2 Å². The van der Waals surface area contributed by atoms with Gasteiger partial charge in [-0.05, 0) is 12.1 Å². The van der Waals surface area contributed by atoms with Gasteiger partial charge in [-0.1, -0.05) is 0 Å². The molecule has 18 heavy (non-hydrogen) atoms. The summed E-state index contributed by atoms with van der Waals surface area (Å²) in [6.07, 6.45) is 1.15. The lowest BCUT2D eigenvalue weighted by molar-refractivity contribution is -0.122. The molecule has 0 aliphatic heterocycles. The number of rotatable bonds is 7. The molecule has 8 nitrogen and oxygen atoms in total. The van der Waals surface area contributed by atoms with Gasteiger partial charge in [0.2, 0.25) is 15.9 Å². The van der Waals surface area contributed by atoms with Gasteiger partial charge in [0.05, 0.1) is 6.61 Å². The van der Waals surface area contributed by atoms with Crippen LogP contribution < -0.4 is 16.2 Å². The molecule has 0 aliphatic rings. The number of ether oxygens (including phenoxy) is 1. The number of carbonyl (C=O) groups is 1. The van der Waals surface area contributed by atoms with Crippen molar-refractivity contribution in [2.75, 3.05) is 25.5 Å². The molecule has 0 spiro atoms. The highest BCUT2D eigenvalue weighted by Gasteiger charge is 2.13. The van der Waals surface area contributed by atoms with E-state index >= 15 is 0 Å². The van der Waals surface area contributed by atoms with E-state index in [9.17, 15) is 13.2 Å². The summed E-state index contributed by atoms with van der Waals surface area (Å²) in [5.74, 6) is -0.376. The van der Waals surface area contributed by atoms with E-state index in [0.29, 0.717) is 0 Å². The highest BCUT2D eigenvalue weighted by atomic mass is 32.2. The standard InChI is InChI=1S/C9H14N4O4S/c10-8-2-1-7(5-12-8)18(15,16)13-3-4-17-6-9(11)14/h1-2,5,13H,3-4,6H2,(H2,10,12)(H2,11,14). The fraction of sp³-hybridized carbons (Fsp3) is 0.333. The van der Waals surface area contributed by atoms with Crippen LogP contribution in [-0.4, -0.2) is 39.1 Å². The summed E-state index contributed by atoms with van der Waals surface area (Å²) in [5.41, 5.74) is 10.2. The average Bonchev–Trinajstić information content (AvgIpc) is 2.28. The van der Waals surface area contributed by atoms with Gasteiger partial charge in [0.15, 0.2) is 0 Å². The van der Waals surface area contributed by atoms with Crippen molar-refractivity contribution in [2.45, 2.75) is 4.90 Å². The number of nitrogens with zero attached hydrogens (tertiary/aromatic N) is 1. The van der Waals surface area contributed by atoms with Crippen molar-refractivity contribution >= 4 is 21.7 Å². The number of hydrogen-bond acceptors (Lipinski definition) is 6. The Morgan fingerprint density at radius 1 is 1.44 bits per heavy atom. The molecule has 1 aromatic rings. The number of sulfonamides is 1. The predicted octanol–water partition coefficient (Wildman–Crippen LogP) is -1.56. The Kier molecular flexibility index (Phi) is 5.01. The summed E-state index contributed by atoms with van der Waals surface area (Å²) >= 11 is 0. The SMILES string of the molecule is NC(=O)COCCNS(=O)(=O)c1ccc(N)nc1. The number of nitrogens with two attached hydrogens (primary N) is 2. The molecule has 1 aromatic heterocycles. The van der Waals surface area contributed by atoms with E-state index in [0.717, 1.165) is 6.20 Å². The normalized spacial score (nSPS) is 11.3. The zero-order valence-electron chi connectivity index (χ0n) is 9.50. The molecule has 1 rings (SSSR count). The minimum atomic E-state index is -3.64. The van der Waals surface area contributed by atoms with E-state index < -0.39 is 15.9 Å². The minimum Gasteiger partial charge on any atom is -0.384 e. The summed E-state index contributed by atoms with van der Waals surface area (Å²) in [5, 5.41) is 0. The van der Waals surface area contributed by atoms with Gasteiger partial charge >= 0.3 is 0 Å². The molecule has 0 radical (unpaired) electrons. The highest BCUT2D eigenvalue weighted by Crippen LogP contribution is 2.07. The number of hydrogen-bond donors (Lipinski definition) is 3. The molecule has 0 unspecified atom stereocenters. The molecular formula is C9H14N4O4S. The first-order valence-corrected chi connectivity index (χ1v) is 6.47. The van der Waals surface area contributed by atoms with Gasteiger partial charge in [-0.15, -0.1) is 0 Å². The third kappa shape index (κ3) is 4.65. The maximum Gasteiger partial charge on any atom is 0.243 e. The third-order valence-corrected chi connectivity index (χ3v) is 3.30. The zero-order valence-corrected chi connectivity index (χ0v) is 10.3. The van der Waals surface area contributed by atoms with Crippen molar-refractivity contribution in [2.24, 2.45) is 5.73 Å². The van der Waals surface area contributed by atoms with Gasteiger partial charge in [0.25, 0.3) is 0 Å². The highest BCUT2D eigenvalue weighted by molar-refractivity contribution is 7.89. The lowest BCUT2D eigenvalue weighted by Crippen LogP contribution is -2.29. The Bertz CT molecular complexity index is 500. The average molecular weight is 274 g/mol. The number of amides is 1. The Morgan fingerprint density at radius 2 is 2.17 bits per heavy atom. The van der Waals surface area contributed by atoms with Crippen molar-refractivity contribution < 1.29 is 17.9 Å². The first-order chi connectivity index (χ1) is 8.42. The molecule has 100 valence electrons. The fourth-order valence-electron chi connectivity index (χ4n) is 1.05. The molecule has 0 aliphatic carbocycles. The van der Waals surface area contributed by atoms with Crippen molar-refractivity contribution in [3.63, 3.8) is 0 Å². The molecule has 1 amide bonds. The summed E-state index contributed by atoms with van der Waals surface area (Å²) in [4.78, 5) is 14.0. The number of pyridine rings is 1. The van der Waals surface area contributed by atoms with Gasteiger partial charge < -0.3 is 16.2 Å². The van der Waals surface area contributed by atoms with Crippen LogP contribution in [-0.2, 0) is 19.6 Å². The van der Waals surface area contributed by atoms with Crippen LogP contribution in [0, 0.1) is 0 Å². The van der Waals surface area contributed by atoms with Crippen LogP contribution in [0.3, 0.4) is 0 Å². The maximum atomic E-state index is 11.7. The second-order valence-corrected chi connectivity index (χ2v) is 5.10. The van der Waals surface area contributed by atoms with E-state index in [1.807, 2.05) is 0 Å². The summed E-state index contributed by atoms with van der Waals surface area (Å²) < 4.78 is 30.5. The first kappa shape index (κ1) is 14.4. The number of nitrogens with one attached hydrogen (secondary N) is 1. The number of carbonyl (C=O) groups excluding carboxylic acids is 1. The number of primary amides is 1. The van der Waals surface area contributed by atoms with Crippen molar-refractivity contribution in [1.82, 2.24) is 9.71 Å². The van der Waals surface area contributed by atoms with E-state index in [1.165, 1.54) is 12.1 Å². The van der Waals surface area contributed by atoms with Crippen LogP contribution >= 0.6 is 0 Å². The second-order valence-electron chi connectivity index (χ2n) is 3.34. The molecule has 9 heteroatoms. The Balaban J connectivity index is 2.45. The molecule has 0 bridgehead atoms. The number of aromatic nitrogens is 1. The third-order valence-electron chi connectivity index (χ3n) is 1.85. The van der Waals surface area contributed by atoms with E-state index in [4.69, 9.17) is 16.2 Å². The number of anilines is 1. The monoisotopic (exact) mass is 274 g/mol. The van der Waals surface area contributed by atoms with Crippen molar-refractivity contribution in [3.8, 4) is 0 Å². The van der Waals surface area contributed by atoms with E-state index in [-0.39, 0.29) is 30.5 Å². The van der Waals surface area contributed by atoms with Crippen LogP contribution in [0.2, 0.25) is 0 Å². The van der Waals surface area contributed by atoms with Gasteiger partial charge in [-0.3, -0.25) is 4.79 Å². The Labute approximate surface area is 104 Å². The first-order valence-electron chi connectivity index (χ1n) is 4.99. The van der Waals surface area contributed by atoms with E-state index in [2.05, 4.69) is 9.71 Å². The zero-order chi connectivity index (χ0) is 13.6. The second kappa shape index (κ2) is 6.28. The van der Waals surface area contributed by atoms with E-state index in [1.54, 1.807) is 0 Å². The van der Waals surface area contributed by atoms with Crippen LogP contribution in [0.4, 0.5) is 5.82 Å². The number of nitrogen functional groups attached to an aromatic ring is 1.